The molecule has 0 aromatic carbocycles. The minimum Gasteiger partial charge on any atom is -0.489 e. The minimum absolute atomic E-state index is 0.0206. The zero-order chi connectivity index (χ0) is 16.4. The van der Waals surface area contributed by atoms with Gasteiger partial charge in [0.2, 0.25) is 5.91 Å². The molecule has 6 nitrogen and oxygen atoms in total. The van der Waals surface area contributed by atoms with Gasteiger partial charge in [0.15, 0.2) is 5.75 Å². The fourth-order valence-electron chi connectivity index (χ4n) is 3.05. The van der Waals surface area contributed by atoms with Gasteiger partial charge in [-0.3, -0.25) is 14.6 Å². The van der Waals surface area contributed by atoms with Crippen molar-refractivity contribution in [2.24, 2.45) is 5.92 Å². The number of hydrogen-bond donors (Lipinski definition) is 2. The van der Waals surface area contributed by atoms with Gasteiger partial charge in [0.1, 0.15) is 0 Å². The summed E-state index contributed by atoms with van der Waals surface area (Å²) in [5.74, 6) is 0.895. The van der Waals surface area contributed by atoms with E-state index in [1.165, 1.54) is 0 Å². The van der Waals surface area contributed by atoms with Gasteiger partial charge in [0.25, 0.3) is 5.91 Å². The van der Waals surface area contributed by atoms with Gasteiger partial charge in [-0.05, 0) is 45.1 Å². The molecule has 2 amide bonds. The average Bonchev–Trinajstić information content (AvgIpc) is 3.33. The van der Waals surface area contributed by atoms with Crippen molar-refractivity contribution in [2.45, 2.75) is 57.7 Å². The van der Waals surface area contributed by atoms with Gasteiger partial charge >= 0.3 is 0 Å². The van der Waals surface area contributed by atoms with E-state index in [0.29, 0.717) is 30.1 Å². The highest BCUT2D eigenvalue weighted by Gasteiger charge is 2.40. The number of ether oxygens (including phenoxy) is 1. The second kappa shape index (κ2) is 6.56. The highest BCUT2D eigenvalue weighted by molar-refractivity contribution is 5.97. The van der Waals surface area contributed by atoms with E-state index in [9.17, 15) is 9.59 Å². The third-order valence-electron chi connectivity index (χ3n) is 4.28. The summed E-state index contributed by atoms with van der Waals surface area (Å²) in [6, 6.07) is 1.70. The van der Waals surface area contributed by atoms with E-state index in [0.717, 1.165) is 12.8 Å². The van der Waals surface area contributed by atoms with E-state index in [2.05, 4.69) is 15.6 Å². The van der Waals surface area contributed by atoms with Crippen LogP contribution in [0.5, 0.6) is 5.75 Å². The molecular weight excluding hydrogens is 294 g/mol. The monoisotopic (exact) mass is 317 g/mol. The van der Waals surface area contributed by atoms with Crippen LogP contribution in [0.2, 0.25) is 0 Å². The topological polar surface area (TPSA) is 80.3 Å². The molecule has 23 heavy (non-hydrogen) atoms. The van der Waals surface area contributed by atoms with Gasteiger partial charge < -0.3 is 15.4 Å². The van der Waals surface area contributed by atoms with Crippen LogP contribution in [0.4, 0.5) is 0 Å². The molecule has 1 aliphatic heterocycles. The summed E-state index contributed by atoms with van der Waals surface area (Å²) < 4.78 is 5.67. The Morgan fingerprint density at radius 2 is 2.17 bits per heavy atom. The molecule has 0 radical (unpaired) electrons. The fourth-order valence-corrected chi connectivity index (χ4v) is 3.05. The molecule has 6 heteroatoms. The maximum Gasteiger partial charge on any atom is 0.255 e. The van der Waals surface area contributed by atoms with E-state index >= 15 is 0 Å². The molecule has 2 N–H and O–H groups in total. The Kier molecular flexibility index (Phi) is 4.50. The van der Waals surface area contributed by atoms with Crippen LogP contribution in [0, 0.1) is 5.92 Å². The van der Waals surface area contributed by atoms with E-state index in [4.69, 9.17) is 4.74 Å². The first-order valence-electron chi connectivity index (χ1n) is 8.25. The lowest BCUT2D eigenvalue weighted by Gasteiger charge is -2.33. The first-order valence-corrected chi connectivity index (χ1v) is 8.25. The molecule has 124 valence electrons. The summed E-state index contributed by atoms with van der Waals surface area (Å²) in [5, 5.41) is 6.11. The normalized spacial score (nSPS) is 24.2. The summed E-state index contributed by atoms with van der Waals surface area (Å²) in [4.78, 5) is 28.3. The molecule has 1 saturated carbocycles. The summed E-state index contributed by atoms with van der Waals surface area (Å²) in [5.41, 5.74) is 0.486. The largest absolute Gasteiger partial charge is 0.489 e. The molecule has 0 bridgehead atoms. The summed E-state index contributed by atoms with van der Waals surface area (Å²) in [6.07, 6.45) is 6.50. The first kappa shape index (κ1) is 15.8. The van der Waals surface area contributed by atoms with Crippen LogP contribution >= 0.6 is 0 Å². The zero-order valence-corrected chi connectivity index (χ0v) is 13.5. The zero-order valence-electron chi connectivity index (χ0n) is 13.5. The lowest BCUT2D eigenvalue weighted by atomic mass is 9.94. The van der Waals surface area contributed by atoms with Crippen LogP contribution < -0.4 is 15.4 Å². The van der Waals surface area contributed by atoms with Gasteiger partial charge in [0, 0.05) is 12.6 Å². The Hall–Kier alpha value is -2.11. The third-order valence-corrected chi connectivity index (χ3v) is 4.28. The molecule has 1 aliphatic carbocycles. The van der Waals surface area contributed by atoms with Crippen LogP contribution in [-0.2, 0) is 4.79 Å². The van der Waals surface area contributed by atoms with E-state index in [1.54, 1.807) is 18.5 Å². The minimum atomic E-state index is -0.171. The van der Waals surface area contributed by atoms with Gasteiger partial charge in [0.05, 0.1) is 29.9 Å². The number of piperidine rings is 1. The second-order valence-electron chi connectivity index (χ2n) is 6.59. The summed E-state index contributed by atoms with van der Waals surface area (Å²) >= 11 is 0. The molecule has 2 atom stereocenters. The quantitative estimate of drug-likeness (QED) is 0.865. The van der Waals surface area contributed by atoms with E-state index < -0.39 is 0 Å². The molecule has 2 fully saturated rings. The summed E-state index contributed by atoms with van der Waals surface area (Å²) in [6.45, 7) is 3.82. The molecule has 1 aromatic rings. The molecule has 0 spiro atoms. The van der Waals surface area contributed by atoms with Crippen LogP contribution in [0.3, 0.4) is 0 Å². The number of carbonyl (C=O) groups excluding carboxylic acids is 2. The highest BCUT2D eigenvalue weighted by Crippen LogP contribution is 2.36. The van der Waals surface area contributed by atoms with Gasteiger partial charge in [-0.1, -0.05) is 0 Å². The first-order chi connectivity index (χ1) is 11.0. The number of nitrogens with zero attached hydrogens (tertiary/aromatic N) is 1. The van der Waals surface area contributed by atoms with Crippen molar-refractivity contribution >= 4 is 11.8 Å². The average molecular weight is 317 g/mol. The third kappa shape index (κ3) is 3.81. The van der Waals surface area contributed by atoms with Crippen molar-refractivity contribution in [3.8, 4) is 5.75 Å². The molecule has 2 aliphatic rings. The number of amides is 2. The number of pyridine rings is 1. The smallest absolute Gasteiger partial charge is 0.255 e. The van der Waals surface area contributed by atoms with Gasteiger partial charge in [-0.2, -0.15) is 0 Å². The van der Waals surface area contributed by atoms with Crippen molar-refractivity contribution in [3.05, 3.63) is 24.0 Å². The fraction of sp³-hybridized carbons (Fsp3) is 0.588. The molecule has 0 unspecified atom stereocenters. The molecule has 3 rings (SSSR count). The molecular formula is C17H23N3O3. The van der Waals surface area contributed by atoms with Crippen molar-refractivity contribution in [1.29, 1.82) is 0 Å². The predicted octanol–water partition coefficient (Wildman–Crippen LogP) is 1.66. The lowest BCUT2D eigenvalue weighted by molar-refractivity contribution is -0.124. The maximum absolute atomic E-state index is 12.7. The number of aromatic nitrogens is 1. The molecule has 1 saturated heterocycles. The van der Waals surface area contributed by atoms with Crippen molar-refractivity contribution in [3.63, 3.8) is 0 Å². The van der Waals surface area contributed by atoms with Gasteiger partial charge in [-0.25, -0.2) is 0 Å². The number of hydrogen-bond acceptors (Lipinski definition) is 4. The Morgan fingerprint density at radius 1 is 1.39 bits per heavy atom. The predicted molar refractivity (Wildman–Crippen MR) is 85.1 cm³/mol. The van der Waals surface area contributed by atoms with Crippen molar-refractivity contribution in [1.82, 2.24) is 15.6 Å². The number of rotatable bonds is 5. The Labute approximate surface area is 136 Å². The van der Waals surface area contributed by atoms with Crippen LogP contribution in [0.15, 0.2) is 18.5 Å². The Bertz CT molecular complexity index is 599. The van der Waals surface area contributed by atoms with Crippen molar-refractivity contribution < 1.29 is 14.3 Å². The molecule has 2 heterocycles. The standard InChI is InChI=1S/C17H23N3O3/c1-10(2)23-14-9-18-8-7-12(14)17(22)19-13-5-6-15(21)20-16(13)11-3-4-11/h7-11,13,16H,3-6H2,1-2H3,(H,19,22)(H,20,21)/t13-,16+/m1/s1. The number of nitrogens with one attached hydrogen (secondary N) is 2. The number of carbonyl (C=O) groups is 2. The van der Waals surface area contributed by atoms with E-state index in [-0.39, 0.29) is 30.0 Å². The molecule has 1 aromatic heterocycles. The summed E-state index contributed by atoms with van der Waals surface area (Å²) in [7, 11) is 0. The van der Waals surface area contributed by atoms with Gasteiger partial charge in [-0.15, -0.1) is 0 Å². The van der Waals surface area contributed by atoms with Crippen molar-refractivity contribution in [2.75, 3.05) is 0 Å². The lowest BCUT2D eigenvalue weighted by Crippen LogP contribution is -2.56. The second-order valence-corrected chi connectivity index (χ2v) is 6.59. The Balaban J connectivity index is 1.72. The Morgan fingerprint density at radius 3 is 2.87 bits per heavy atom. The maximum atomic E-state index is 12.7. The van der Waals surface area contributed by atoms with Crippen LogP contribution in [0.1, 0.15) is 49.9 Å². The SMILES string of the molecule is CC(C)Oc1cnccc1C(=O)N[C@@H]1CCC(=O)N[C@H]1C1CC1. The van der Waals surface area contributed by atoms with Crippen LogP contribution in [-0.4, -0.2) is 35.0 Å². The highest BCUT2D eigenvalue weighted by atomic mass is 16.5. The van der Waals surface area contributed by atoms with E-state index in [1.807, 2.05) is 13.8 Å². The van der Waals surface area contributed by atoms with Crippen LogP contribution in [0.25, 0.3) is 0 Å².